The quantitative estimate of drug-likeness (QED) is 0.544. The average Bonchev–Trinajstić information content (AvgIpc) is 2.27. The smallest absolute Gasteiger partial charge is 0.332 e. The minimum Gasteiger partial charge on any atom is -0.429 e. The summed E-state index contributed by atoms with van der Waals surface area (Å²) in [7, 11) is 0. The van der Waals surface area contributed by atoms with Gasteiger partial charge in [0.2, 0.25) is 5.79 Å². The molecule has 3 unspecified atom stereocenters. The highest BCUT2D eigenvalue weighted by Gasteiger charge is 2.57. The molecule has 0 spiro atoms. The van der Waals surface area contributed by atoms with E-state index in [1.54, 1.807) is 0 Å². The highest BCUT2D eigenvalue weighted by atomic mass is 16.7. The summed E-state index contributed by atoms with van der Waals surface area (Å²) in [5.41, 5.74) is 0. The summed E-state index contributed by atoms with van der Waals surface area (Å²) in [6, 6.07) is 0. The van der Waals surface area contributed by atoms with E-state index in [9.17, 15) is 4.79 Å². The second-order valence-electron chi connectivity index (χ2n) is 4.73. The van der Waals surface area contributed by atoms with Gasteiger partial charge in [-0.05, 0) is 19.3 Å². The Bertz CT molecular complexity index is 287. The molecule has 1 aliphatic carbocycles. The topological polar surface area (TPSA) is 35.5 Å². The third-order valence-electron chi connectivity index (χ3n) is 3.66. The Kier molecular flexibility index (Phi) is 3.33. The van der Waals surface area contributed by atoms with Crippen molar-refractivity contribution in [3.05, 3.63) is 12.7 Å². The molecule has 0 aromatic rings. The molecule has 2 aliphatic rings. The van der Waals surface area contributed by atoms with E-state index in [4.69, 9.17) is 9.47 Å². The van der Waals surface area contributed by atoms with Gasteiger partial charge in [0.15, 0.2) is 0 Å². The second kappa shape index (κ2) is 4.58. The monoisotopic (exact) mass is 224 g/mol. The largest absolute Gasteiger partial charge is 0.429 e. The van der Waals surface area contributed by atoms with Crippen LogP contribution in [0.2, 0.25) is 0 Å². The third kappa shape index (κ3) is 1.88. The van der Waals surface area contributed by atoms with Crippen LogP contribution in [0.3, 0.4) is 0 Å². The van der Waals surface area contributed by atoms with E-state index in [0.717, 1.165) is 25.7 Å². The van der Waals surface area contributed by atoms with Gasteiger partial charge in [-0.2, -0.15) is 0 Å². The lowest BCUT2D eigenvalue weighted by molar-refractivity contribution is -0.376. The Labute approximate surface area is 96.8 Å². The number of ether oxygens (including phenoxy) is 2. The van der Waals surface area contributed by atoms with E-state index in [1.165, 1.54) is 18.9 Å². The molecule has 3 atom stereocenters. The van der Waals surface area contributed by atoms with Crippen LogP contribution in [-0.2, 0) is 14.3 Å². The highest BCUT2D eigenvalue weighted by molar-refractivity contribution is 5.81. The summed E-state index contributed by atoms with van der Waals surface area (Å²) in [4.78, 5) is 11.3. The van der Waals surface area contributed by atoms with Crippen molar-refractivity contribution in [1.29, 1.82) is 0 Å². The number of carbonyl (C=O) groups excluding carboxylic acids is 1. The fourth-order valence-electron chi connectivity index (χ4n) is 2.97. The van der Waals surface area contributed by atoms with E-state index >= 15 is 0 Å². The zero-order chi connectivity index (χ0) is 11.6. The van der Waals surface area contributed by atoms with Crippen molar-refractivity contribution < 1.29 is 14.3 Å². The molecule has 2 rings (SSSR count). The Morgan fingerprint density at radius 1 is 1.56 bits per heavy atom. The van der Waals surface area contributed by atoms with Crippen LogP contribution in [0, 0.1) is 5.92 Å². The van der Waals surface area contributed by atoms with Gasteiger partial charge in [0.05, 0.1) is 12.0 Å². The Hall–Kier alpha value is -0.830. The summed E-state index contributed by atoms with van der Waals surface area (Å²) in [6.45, 7) is 5.52. The molecule has 3 heteroatoms. The fraction of sp³-hybridized carbons (Fsp3) is 0.769. The zero-order valence-corrected chi connectivity index (χ0v) is 9.91. The lowest BCUT2D eigenvalue weighted by atomic mass is 9.74. The molecular formula is C13H20O3. The fourth-order valence-corrected chi connectivity index (χ4v) is 2.97. The maximum Gasteiger partial charge on any atom is 0.332 e. The molecule has 0 N–H and O–H groups in total. The number of hydrogen-bond acceptors (Lipinski definition) is 3. The van der Waals surface area contributed by atoms with Gasteiger partial charge in [-0.25, -0.2) is 4.79 Å². The summed E-state index contributed by atoms with van der Waals surface area (Å²) in [5.74, 6) is -0.590. The van der Waals surface area contributed by atoms with Gasteiger partial charge in [-0.15, -0.1) is 0 Å². The van der Waals surface area contributed by atoms with Crippen LogP contribution in [0.25, 0.3) is 0 Å². The first-order chi connectivity index (χ1) is 7.72. The van der Waals surface area contributed by atoms with Crippen LogP contribution in [0.15, 0.2) is 12.7 Å². The van der Waals surface area contributed by atoms with Crippen LogP contribution >= 0.6 is 0 Å². The highest BCUT2D eigenvalue weighted by Crippen LogP contribution is 2.50. The molecule has 0 aromatic carbocycles. The lowest BCUT2D eigenvalue weighted by Gasteiger charge is -2.55. The van der Waals surface area contributed by atoms with E-state index < -0.39 is 5.79 Å². The molecule has 0 amide bonds. The maximum atomic E-state index is 11.3. The van der Waals surface area contributed by atoms with E-state index in [-0.39, 0.29) is 5.97 Å². The van der Waals surface area contributed by atoms with Gasteiger partial charge >= 0.3 is 5.97 Å². The molecule has 3 nitrogen and oxygen atoms in total. The summed E-state index contributed by atoms with van der Waals surface area (Å²) in [6.07, 6.45) is 7.99. The summed E-state index contributed by atoms with van der Waals surface area (Å²) in [5, 5.41) is 0. The van der Waals surface area contributed by atoms with Crippen molar-refractivity contribution in [2.75, 3.05) is 0 Å². The Morgan fingerprint density at radius 2 is 2.31 bits per heavy atom. The number of hydrogen-bond donors (Lipinski definition) is 0. The van der Waals surface area contributed by atoms with Crippen molar-refractivity contribution in [3.63, 3.8) is 0 Å². The second-order valence-corrected chi connectivity index (χ2v) is 4.73. The summed E-state index contributed by atoms with van der Waals surface area (Å²) >= 11 is 0. The van der Waals surface area contributed by atoms with Crippen LogP contribution in [0.4, 0.5) is 0 Å². The zero-order valence-electron chi connectivity index (χ0n) is 9.91. The van der Waals surface area contributed by atoms with E-state index in [2.05, 4.69) is 13.5 Å². The molecule has 1 saturated carbocycles. The first kappa shape index (κ1) is 11.6. The number of fused-ring (bicyclic) bond motifs is 1. The van der Waals surface area contributed by atoms with E-state index in [0.29, 0.717) is 12.0 Å². The first-order valence-corrected chi connectivity index (χ1v) is 6.25. The standard InChI is InChI=1S/C13H20O3/c1-3-9-13(16-12(14)4-2)10-7-5-6-8-11(10)15-13/h4,10-11H,2-3,5-9H2,1H3. The molecule has 1 saturated heterocycles. The molecule has 2 fully saturated rings. The SMILES string of the molecule is C=CC(=O)OC1(CCC)OC2CCCCC21. The van der Waals surface area contributed by atoms with Crippen LogP contribution in [-0.4, -0.2) is 17.9 Å². The van der Waals surface area contributed by atoms with Crippen molar-refractivity contribution in [2.24, 2.45) is 5.92 Å². The minimum absolute atomic E-state index is 0.318. The Balaban J connectivity index is 2.05. The predicted octanol–water partition coefficient (Wildman–Crippen LogP) is 2.80. The van der Waals surface area contributed by atoms with Crippen LogP contribution < -0.4 is 0 Å². The van der Waals surface area contributed by atoms with Gasteiger partial charge in [0.1, 0.15) is 0 Å². The number of carbonyl (C=O) groups is 1. The lowest BCUT2D eigenvalue weighted by Crippen LogP contribution is -2.63. The number of esters is 1. The van der Waals surface area contributed by atoms with Gasteiger partial charge in [-0.3, -0.25) is 0 Å². The number of rotatable bonds is 4. The van der Waals surface area contributed by atoms with Crippen molar-refractivity contribution in [3.8, 4) is 0 Å². The third-order valence-corrected chi connectivity index (χ3v) is 3.66. The minimum atomic E-state index is -0.634. The molecule has 0 aromatic heterocycles. The molecule has 90 valence electrons. The molecule has 0 radical (unpaired) electrons. The van der Waals surface area contributed by atoms with Crippen molar-refractivity contribution in [2.45, 2.75) is 57.3 Å². The summed E-state index contributed by atoms with van der Waals surface area (Å²) < 4.78 is 11.3. The van der Waals surface area contributed by atoms with Crippen LogP contribution in [0.5, 0.6) is 0 Å². The average molecular weight is 224 g/mol. The molecule has 1 heterocycles. The van der Waals surface area contributed by atoms with E-state index in [1.807, 2.05) is 0 Å². The normalized spacial score (nSPS) is 37.1. The van der Waals surface area contributed by atoms with Gasteiger partial charge < -0.3 is 9.47 Å². The molecule has 1 aliphatic heterocycles. The van der Waals surface area contributed by atoms with Gasteiger partial charge in [0, 0.05) is 12.5 Å². The van der Waals surface area contributed by atoms with Crippen molar-refractivity contribution >= 4 is 5.97 Å². The van der Waals surface area contributed by atoms with Crippen molar-refractivity contribution in [1.82, 2.24) is 0 Å². The predicted molar refractivity (Wildman–Crippen MR) is 60.8 cm³/mol. The molecular weight excluding hydrogens is 204 g/mol. The molecule has 16 heavy (non-hydrogen) atoms. The first-order valence-electron chi connectivity index (χ1n) is 6.25. The Morgan fingerprint density at radius 3 is 2.94 bits per heavy atom. The molecule has 0 bridgehead atoms. The van der Waals surface area contributed by atoms with Gasteiger partial charge in [-0.1, -0.05) is 26.3 Å². The maximum absolute atomic E-state index is 11.3. The van der Waals surface area contributed by atoms with Gasteiger partial charge in [0.25, 0.3) is 0 Å². The van der Waals surface area contributed by atoms with Crippen LogP contribution in [0.1, 0.15) is 45.4 Å².